The Bertz CT molecular complexity index is 1120. The molecule has 0 bridgehead atoms. The standard InChI is InChI=1S/C27H30F3NO2/c1-15(2)23-21-22(20-18(31-23)13-25(3,4)14-19(20)32)26(11-5-6-12-26)33-24(21)16-7-9-17(10-8-16)27(28,29)30/h5,7-11,15,19,24,32H,6,12-14H2,1-4H3/t19-,24-,26?/m0/s1. The van der Waals surface area contributed by atoms with Gasteiger partial charge in [-0.3, -0.25) is 4.98 Å². The van der Waals surface area contributed by atoms with E-state index in [1.807, 2.05) is 0 Å². The molecule has 3 nitrogen and oxygen atoms in total. The highest BCUT2D eigenvalue weighted by atomic mass is 19.4. The molecule has 2 aromatic rings. The Morgan fingerprint density at radius 2 is 1.82 bits per heavy atom. The van der Waals surface area contributed by atoms with E-state index in [1.54, 1.807) is 0 Å². The Morgan fingerprint density at radius 1 is 1.12 bits per heavy atom. The number of fused-ring (bicyclic) bond motifs is 4. The van der Waals surface area contributed by atoms with E-state index in [0.717, 1.165) is 59.5 Å². The zero-order valence-corrected chi connectivity index (χ0v) is 19.5. The third-order valence-electron chi connectivity index (χ3n) is 7.28. The highest BCUT2D eigenvalue weighted by Crippen LogP contribution is 2.57. The van der Waals surface area contributed by atoms with Gasteiger partial charge in [0.05, 0.1) is 11.7 Å². The molecule has 1 unspecified atom stereocenters. The number of nitrogens with zero attached hydrogens (tertiary/aromatic N) is 1. The molecule has 1 aromatic heterocycles. The van der Waals surface area contributed by atoms with Gasteiger partial charge in [0.25, 0.3) is 0 Å². The fraction of sp³-hybridized carbons (Fsp3) is 0.519. The van der Waals surface area contributed by atoms with E-state index in [2.05, 4.69) is 39.8 Å². The van der Waals surface area contributed by atoms with Crippen molar-refractivity contribution in [3.8, 4) is 0 Å². The number of halogens is 3. The van der Waals surface area contributed by atoms with Gasteiger partial charge in [0.15, 0.2) is 0 Å². The molecule has 3 atom stereocenters. The average molecular weight is 458 g/mol. The first kappa shape index (κ1) is 22.6. The smallest absolute Gasteiger partial charge is 0.388 e. The van der Waals surface area contributed by atoms with E-state index < -0.39 is 29.5 Å². The first-order valence-electron chi connectivity index (χ1n) is 11.7. The van der Waals surface area contributed by atoms with Crippen LogP contribution < -0.4 is 0 Å². The number of alkyl halides is 3. The molecule has 5 rings (SSSR count). The fourth-order valence-electron chi connectivity index (χ4n) is 5.86. The number of hydrogen-bond donors (Lipinski definition) is 1. The van der Waals surface area contributed by atoms with E-state index in [-0.39, 0.29) is 11.3 Å². The van der Waals surface area contributed by atoms with Crippen molar-refractivity contribution in [3.05, 3.63) is 75.6 Å². The van der Waals surface area contributed by atoms with Gasteiger partial charge >= 0.3 is 6.18 Å². The predicted octanol–water partition coefficient (Wildman–Crippen LogP) is 6.89. The molecule has 0 saturated carbocycles. The summed E-state index contributed by atoms with van der Waals surface area (Å²) >= 11 is 0. The van der Waals surface area contributed by atoms with Crippen molar-refractivity contribution in [2.75, 3.05) is 0 Å². The summed E-state index contributed by atoms with van der Waals surface area (Å²) in [5, 5.41) is 11.3. The molecular weight excluding hydrogens is 427 g/mol. The number of aromatic nitrogens is 1. The van der Waals surface area contributed by atoms with Crippen LogP contribution >= 0.6 is 0 Å². The quantitative estimate of drug-likeness (QED) is 0.499. The number of ether oxygens (including phenoxy) is 1. The zero-order valence-electron chi connectivity index (χ0n) is 19.5. The zero-order chi connectivity index (χ0) is 23.8. The Kier molecular flexibility index (Phi) is 5.07. The van der Waals surface area contributed by atoms with Gasteiger partial charge < -0.3 is 9.84 Å². The maximum atomic E-state index is 13.2. The van der Waals surface area contributed by atoms with Crippen LogP contribution in [0.3, 0.4) is 0 Å². The van der Waals surface area contributed by atoms with Gasteiger partial charge in [-0.25, -0.2) is 0 Å². The van der Waals surface area contributed by atoms with Crippen LogP contribution in [0.4, 0.5) is 13.2 Å². The molecule has 1 aliphatic heterocycles. The van der Waals surface area contributed by atoms with Gasteiger partial charge in [-0.15, -0.1) is 0 Å². The van der Waals surface area contributed by atoms with Crippen molar-refractivity contribution in [2.45, 2.75) is 83.3 Å². The van der Waals surface area contributed by atoms with Crippen molar-refractivity contribution in [1.82, 2.24) is 4.98 Å². The molecule has 2 heterocycles. The van der Waals surface area contributed by atoms with E-state index in [9.17, 15) is 18.3 Å². The summed E-state index contributed by atoms with van der Waals surface area (Å²) in [6.45, 7) is 8.46. The minimum Gasteiger partial charge on any atom is -0.388 e. The summed E-state index contributed by atoms with van der Waals surface area (Å²) in [5.41, 5.74) is 3.89. The maximum Gasteiger partial charge on any atom is 0.416 e. The number of pyridine rings is 1. The second-order valence-corrected chi connectivity index (χ2v) is 10.8. The molecule has 6 heteroatoms. The third-order valence-corrected chi connectivity index (χ3v) is 7.28. The number of hydrogen-bond acceptors (Lipinski definition) is 3. The molecule has 0 amide bonds. The molecule has 0 fully saturated rings. The number of aliphatic hydroxyl groups is 1. The Morgan fingerprint density at radius 3 is 2.39 bits per heavy atom. The highest BCUT2D eigenvalue weighted by Gasteiger charge is 2.51. The summed E-state index contributed by atoms with van der Waals surface area (Å²) in [6.07, 6.45) is 1.64. The van der Waals surface area contributed by atoms with E-state index in [0.29, 0.717) is 12.0 Å². The minimum absolute atomic E-state index is 0.0626. The molecule has 176 valence electrons. The number of rotatable bonds is 2. The Labute approximate surface area is 192 Å². The van der Waals surface area contributed by atoms with Crippen LogP contribution in [-0.4, -0.2) is 10.1 Å². The summed E-state index contributed by atoms with van der Waals surface area (Å²) in [7, 11) is 0. The van der Waals surface area contributed by atoms with Crippen molar-refractivity contribution < 1.29 is 23.0 Å². The van der Waals surface area contributed by atoms with Gasteiger partial charge in [-0.1, -0.05) is 52.0 Å². The lowest BCUT2D eigenvalue weighted by molar-refractivity contribution is -0.137. The van der Waals surface area contributed by atoms with Crippen LogP contribution in [0.5, 0.6) is 0 Å². The average Bonchev–Trinajstić information content (AvgIpc) is 3.31. The number of allylic oxidation sites excluding steroid dienone is 1. The first-order valence-corrected chi connectivity index (χ1v) is 11.7. The van der Waals surface area contributed by atoms with E-state index in [4.69, 9.17) is 9.72 Å². The summed E-state index contributed by atoms with van der Waals surface area (Å²) in [4.78, 5) is 5.07. The van der Waals surface area contributed by atoms with Crippen LogP contribution in [0.15, 0.2) is 36.4 Å². The van der Waals surface area contributed by atoms with E-state index >= 15 is 0 Å². The molecule has 1 N–H and O–H groups in total. The summed E-state index contributed by atoms with van der Waals surface area (Å²) < 4.78 is 46.2. The molecule has 1 aromatic carbocycles. The fourth-order valence-corrected chi connectivity index (χ4v) is 5.86. The molecule has 3 aliphatic rings. The second kappa shape index (κ2) is 7.41. The number of aliphatic hydroxyl groups excluding tert-OH is 1. The minimum atomic E-state index is -4.39. The van der Waals surface area contributed by atoms with Gasteiger partial charge in [0.2, 0.25) is 0 Å². The van der Waals surface area contributed by atoms with Crippen LogP contribution in [0, 0.1) is 5.41 Å². The van der Waals surface area contributed by atoms with Gasteiger partial charge in [0.1, 0.15) is 11.7 Å². The maximum absolute atomic E-state index is 13.2. The largest absolute Gasteiger partial charge is 0.416 e. The molecule has 33 heavy (non-hydrogen) atoms. The summed E-state index contributed by atoms with van der Waals surface area (Å²) in [5.74, 6) is 0.104. The van der Waals surface area contributed by atoms with Crippen molar-refractivity contribution >= 4 is 0 Å². The highest BCUT2D eigenvalue weighted by molar-refractivity contribution is 5.56. The lowest BCUT2D eigenvalue weighted by atomic mass is 9.70. The molecular formula is C27H30F3NO2. The van der Waals surface area contributed by atoms with Crippen LogP contribution in [0.2, 0.25) is 0 Å². The Balaban J connectivity index is 1.74. The van der Waals surface area contributed by atoms with E-state index in [1.165, 1.54) is 12.1 Å². The van der Waals surface area contributed by atoms with Crippen molar-refractivity contribution in [3.63, 3.8) is 0 Å². The lowest BCUT2D eigenvalue weighted by Gasteiger charge is -2.37. The monoisotopic (exact) mass is 457 g/mol. The van der Waals surface area contributed by atoms with Crippen molar-refractivity contribution in [1.29, 1.82) is 0 Å². The Hall–Kier alpha value is -2.18. The van der Waals surface area contributed by atoms with Gasteiger partial charge in [-0.05, 0) is 54.7 Å². The third kappa shape index (κ3) is 3.62. The second-order valence-electron chi connectivity index (χ2n) is 10.8. The van der Waals surface area contributed by atoms with Crippen molar-refractivity contribution in [2.24, 2.45) is 5.41 Å². The molecule has 2 aliphatic carbocycles. The van der Waals surface area contributed by atoms with Gasteiger partial charge in [0, 0.05) is 28.1 Å². The van der Waals surface area contributed by atoms with Gasteiger partial charge in [-0.2, -0.15) is 13.2 Å². The van der Waals surface area contributed by atoms with Crippen LogP contribution in [0.1, 0.15) is 104 Å². The van der Waals surface area contributed by atoms with Crippen LogP contribution in [0.25, 0.3) is 0 Å². The molecule has 0 radical (unpaired) electrons. The predicted molar refractivity (Wildman–Crippen MR) is 120 cm³/mol. The first-order chi connectivity index (χ1) is 15.4. The summed E-state index contributed by atoms with van der Waals surface area (Å²) in [6, 6.07) is 5.26. The topological polar surface area (TPSA) is 42.4 Å². The lowest BCUT2D eigenvalue weighted by Crippen LogP contribution is -2.31. The molecule has 0 saturated heterocycles. The molecule has 1 spiro atoms. The van der Waals surface area contributed by atoms with Crippen LogP contribution in [-0.2, 0) is 22.9 Å². The SMILES string of the molecule is CC(C)c1nc2c(c3c1[C@H](c1ccc(C(F)(F)F)cc1)OC31C=CCC1)[C@@H](O)CC(C)(C)C2. The normalized spacial score (nSPS) is 27.9. The number of benzene rings is 1.